The van der Waals surface area contributed by atoms with E-state index in [1.54, 1.807) is 0 Å². The first-order chi connectivity index (χ1) is 14.2. The molecule has 31 heavy (non-hydrogen) atoms. The van der Waals surface area contributed by atoms with Gasteiger partial charge in [0.1, 0.15) is 5.60 Å². The Balaban J connectivity index is 0.00000341. The fourth-order valence-electron chi connectivity index (χ4n) is 4.50. The zero-order valence-electron chi connectivity index (χ0n) is 20.2. The van der Waals surface area contributed by atoms with E-state index in [4.69, 9.17) is 4.74 Å². The highest BCUT2D eigenvalue weighted by atomic mass is 127. The Labute approximate surface area is 206 Å². The lowest BCUT2D eigenvalue weighted by molar-refractivity contribution is 0.00927. The number of amides is 1. The highest BCUT2D eigenvalue weighted by Crippen LogP contribution is 2.32. The summed E-state index contributed by atoms with van der Waals surface area (Å²) >= 11 is 0. The van der Waals surface area contributed by atoms with Crippen LogP contribution in [0, 0.1) is 11.8 Å². The van der Waals surface area contributed by atoms with Gasteiger partial charge < -0.3 is 24.8 Å². The summed E-state index contributed by atoms with van der Waals surface area (Å²) in [6.07, 6.45) is 6.81. The van der Waals surface area contributed by atoms with Crippen molar-refractivity contribution in [2.75, 3.05) is 53.4 Å². The lowest BCUT2D eigenvalue weighted by Gasteiger charge is -2.40. The molecule has 2 saturated heterocycles. The number of likely N-dealkylation sites (tertiary alicyclic amines) is 2. The van der Waals surface area contributed by atoms with E-state index in [0.717, 1.165) is 50.9 Å². The van der Waals surface area contributed by atoms with Crippen molar-refractivity contribution in [3.63, 3.8) is 0 Å². The van der Waals surface area contributed by atoms with E-state index in [-0.39, 0.29) is 36.1 Å². The molecule has 8 heteroatoms. The number of ether oxygens (including phenoxy) is 1. The second-order valence-electron chi connectivity index (χ2n) is 10.5. The first kappa shape index (κ1) is 26.5. The summed E-state index contributed by atoms with van der Waals surface area (Å²) < 4.78 is 5.72. The quantitative estimate of drug-likeness (QED) is 0.323. The van der Waals surface area contributed by atoms with Crippen molar-refractivity contribution in [3.8, 4) is 0 Å². The van der Waals surface area contributed by atoms with Gasteiger partial charge in [-0.1, -0.05) is 0 Å². The SMILES string of the molecule is CN=C(NCC1CCN(C)CC1)N1CCC(N(CC2CC2)C(=O)OC(C)(C)C)CC1.I. The van der Waals surface area contributed by atoms with Gasteiger partial charge in [0, 0.05) is 39.3 Å². The molecule has 3 fully saturated rings. The molecule has 1 N–H and O–H groups in total. The van der Waals surface area contributed by atoms with Crippen LogP contribution in [-0.4, -0.2) is 91.8 Å². The van der Waals surface area contributed by atoms with E-state index >= 15 is 0 Å². The first-order valence-corrected chi connectivity index (χ1v) is 11.9. The van der Waals surface area contributed by atoms with Crippen LogP contribution in [0.1, 0.15) is 59.3 Å². The van der Waals surface area contributed by atoms with E-state index in [2.05, 4.69) is 27.2 Å². The highest BCUT2D eigenvalue weighted by Gasteiger charge is 2.35. The van der Waals surface area contributed by atoms with Crippen LogP contribution in [-0.2, 0) is 4.74 Å². The van der Waals surface area contributed by atoms with Crippen molar-refractivity contribution in [2.24, 2.45) is 16.8 Å². The van der Waals surface area contributed by atoms with Gasteiger partial charge in [-0.2, -0.15) is 0 Å². The number of piperidine rings is 2. The Hall–Kier alpha value is -0.770. The van der Waals surface area contributed by atoms with Crippen molar-refractivity contribution >= 4 is 36.0 Å². The number of carbonyl (C=O) groups is 1. The average Bonchev–Trinajstić information content (AvgIpc) is 3.51. The van der Waals surface area contributed by atoms with Gasteiger partial charge in [0.15, 0.2) is 5.96 Å². The summed E-state index contributed by atoms with van der Waals surface area (Å²) in [5.41, 5.74) is -0.445. The Morgan fingerprint density at radius 2 is 1.65 bits per heavy atom. The molecular formula is C23H44IN5O2. The molecule has 7 nitrogen and oxygen atoms in total. The Kier molecular flexibility index (Phi) is 10.2. The second kappa shape index (κ2) is 11.9. The summed E-state index contributed by atoms with van der Waals surface area (Å²) in [6.45, 7) is 11.9. The number of hydrogen-bond acceptors (Lipinski definition) is 4. The molecule has 0 aromatic rings. The Morgan fingerprint density at radius 1 is 1.03 bits per heavy atom. The molecular weight excluding hydrogens is 505 g/mol. The number of nitrogens with one attached hydrogen (secondary N) is 1. The van der Waals surface area contributed by atoms with Crippen LogP contribution < -0.4 is 5.32 Å². The minimum absolute atomic E-state index is 0. The monoisotopic (exact) mass is 549 g/mol. The van der Waals surface area contributed by atoms with Gasteiger partial charge in [-0.3, -0.25) is 4.99 Å². The number of hydrogen-bond donors (Lipinski definition) is 1. The van der Waals surface area contributed by atoms with Crippen molar-refractivity contribution in [2.45, 2.75) is 70.9 Å². The molecule has 3 aliphatic rings. The molecule has 3 rings (SSSR count). The molecule has 0 unspecified atom stereocenters. The van der Waals surface area contributed by atoms with Crippen molar-refractivity contribution in [1.29, 1.82) is 0 Å². The van der Waals surface area contributed by atoms with Gasteiger partial charge >= 0.3 is 6.09 Å². The minimum Gasteiger partial charge on any atom is -0.444 e. The van der Waals surface area contributed by atoms with Crippen LogP contribution in [0.25, 0.3) is 0 Å². The zero-order chi connectivity index (χ0) is 21.7. The van der Waals surface area contributed by atoms with Crippen LogP contribution in [0.5, 0.6) is 0 Å². The number of rotatable bonds is 5. The predicted molar refractivity (Wildman–Crippen MR) is 137 cm³/mol. The third kappa shape index (κ3) is 8.59. The van der Waals surface area contributed by atoms with Crippen molar-refractivity contribution in [3.05, 3.63) is 0 Å². The van der Waals surface area contributed by atoms with Gasteiger partial charge in [0.05, 0.1) is 0 Å². The molecule has 0 atom stereocenters. The van der Waals surface area contributed by atoms with Gasteiger partial charge in [-0.15, -0.1) is 24.0 Å². The molecule has 180 valence electrons. The van der Waals surface area contributed by atoms with E-state index in [9.17, 15) is 4.79 Å². The van der Waals surface area contributed by atoms with E-state index in [1.807, 2.05) is 32.7 Å². The molecule has 0 spiro atoms. The molecule has 1 aliphatic carbocycles. The molecule has 1 amide bonds. The number of carbonyl (C=O) groups excluding carboxylic acids is 1. The fraction of sp³-hybridized carbons (Fsp3) is 0.913. The Bertz CT molecular complexity index is 589. The first-order valence-electron chi connectivity index (χ1n) is 11.9. The second-order valence-corrected chi connectivity index (χ2v) is 10.5. The molecule has 0 aromatic heterocycles. The third-order valence-electron chi connectivity index (χ3n) is 6.58. The normalized spacial score (nSPS) is 22.1. The fourth-order valence-corrected chi connectivity index (χ4v) is 4.50. The van der Waals surface area contributed by atoms with Gasteiger partial charge in [-0.05, 0) is 91.3 Å². The standard InChI is InChI=1S/C23H43N5O2.HI/c1-23(2,3)30-22(29)28(17-19-6-7-19)20-10-14-27(15-11-20)21(24-4)25-16-18-8-12-26(5)13-9-18;/h18-20H,6-17H2,1-5H3,(H,24,25);1H. The van der Waals surface area contributed by atoms with Gasteiger partial charge in [-0.25, -0.2) is 4.79 Å². The van der Waals surface area contributed by atoms with E-state index < -0.39 is 5.60 Å². The summed E-state index contributed by atoms with van der Waals surface area (Å²) in [5.74, 6) is 2.41. The van der Waals surface area contributed by atoms with E-state index in [0.29, 0.717) is 5.92 Å². The minimum atomic E-state index is -0.445. The molecule has 0 aromatic carbocycles. The lowest BCUT2D eigenvalue weighted by Crippen LogP contribution is -2.53. The number of guanidine groups is 1. The van der Waals surface area contributed by atoms with E-state index in [1.165, 1.54) is 38.8 Å². The van der Waals surface area contributed by atoms with Gasteiger partial charge in [0.2, 0.25) is 0 Å². The third-order valence-corrected chi connectivity index (χ3v) is 6.58. The van der Waals surface area contributed by atoms with Crippen LogP contribution in [0.15, 0.2) is 4.99 Å². The van der Waals surface area contributed by atoms with Gasteiger partial charge in [0.25, 0.3) is 0 Å². The molecule has 0 radical (unpaired) electrons. The van der Waals surface area contributed by atoms with Crippen LogP contribution in [0.4, 0.5) is 4.79 Å². The topological polar surface area (TPSA) is 60.4 Å². The summed E-state index contributed by atoms with van der Waals surface area (Å²) in [4.78, 5) is 24.2. The predicted octanol–water partition coefficient (Wildman–Crippen LogP) is 3.63. The van der Waals surface area contributed by atoms with Crippen LogP contribution >= 0.6 is 24.0 Å². The number of nitrogens with zero attached hydrogens (tertiary/aromatic N) is 4. The summed E-state index contributed by atoms with van der Waals surface area (Å²) in [5, 5.41) is 3.62. The zero-order valence-corrected chi connectivity index (χ0v) is 22.6. The van der Waals surface area contributed by atoms with Crippen LogP contribution in [0.3, 0.4) is 0 Å². The van der Waals surface area contributed by atoms with Crippen molar-refractivity contribution in [1.82, 2.24) is 20.0 Å². The maximum absolute atomic E-state index is 12.8. The summed E-state index contributed by atoms with van der Waals surface area (Å²) in [7, 11) is 4.08. The van der Waals surface area contributed by atoms with Crippen molar-refractivity contribution < 1.29 is 9.53 Å². The number of halogens is 1. The number of aliphatic imine (C=N–C) groups is 1. The maximum Gasteiger partial charge on any atom is 0.410 e. The molecule has 1 saturated carbocycles. The molecule has 0 bridgehead atoms. The molecule has 2 aliphatic heterocycles. The lowest BCUT2D eigenvalue weighted by atomic mass is 9.97. The maximum atomic E-state index is 12.8. The smallest absolute Gasteiger partial charge is 0.410 e. The molecule has 2 heterocycles. The highest BCUT2D eigenvalue weighted by molar-refractivity contribution is 14.0. The average molecular weight is 550 g/mol. The largest absolute Gasteiger partial charge is 0.444 e. The summed E-state index contributed by atoms with van der Waals surface area (Å²) in [6, 6.07) is 0.267. The van der Waals surface area contributed by atoms with Crippen LogP contribution in [0.2, 0.25) is 0 Å². The Morgan fingerprint density at radius 3 is 2.16 bits per heavy atom.